The molecule has 0 amide bonds. The normalized spacial score (nSPS) is 23.3. The van der Waals surface area contributed by atoms with Gasteiger partial charge in [-0.3, -0.25) is 0 Å². The lowest BCUT2D eigenvalue weighted by Gasteiger charge is -2.40. The summed E-state index contributed by atoms with van der Waals surface area (Å²) in [4.78, 5) is 23.2. The Morgan fingerprint density at radius 1 is 1.04 bits per heavy atom. The van der Waals surface area contributed by atoms with E-state index in [2.05, 4.69) is 19.9 Å². The molecule has 0 saturated heterocycles. The number of carboxylic acid groups (broad SMARTS) is 2. The Bertz CT molecular complexity index is 536. The third-order valence-electron chi connectivity index (χ3n) is 4.38. The molecule has 0 fully saturated rings. The second-order valence-electron chi connectivity index (χ2n) is 7.32. The SMILES string of the molecule is CC(C)CC(=C(C(=O)O)C(=O)O)C1(C)C=CC=CC1CC(C)C. The smallest absolute Gasteiger partial charge is 0.343 e. The van der Waals surface area contributed by atoms with Crippen molar-refractivity contribution in [3.05, 3.63) is 35.5 Å². The predicted octanol–water partition coefficient (Wildman–Crippen LogP) is 4.29. The molecule has 0 saturated carbocycles. The van der Waals surface area contributed by atoms with Gasteiger partial charge in [-0.2, -0.15) is 0 Å². The van der Waals surface area contributed by atoms with Crippen molar-refractivity contribution in [2.45, 2.75) is 47.5 Å². The third kappa shape index (κ3) is 4.57. The largest absolute Gasteiger partial charge is 0.477 e. The molecule has 4 nitrogen and oxygen atoms in total. The van der Waals surface area contributed by atoms with Crippen LogP contribution in [-0.4, -0.2) is 22.2 Å². The van der Waals surface area contributed by atoms with Crippen molar-refractivity contribution in [3.63, 3.8) is 0 Å². The van der Waals surface area contributed by atoms with Crippen LogP contribution in [-0.2, 0) is 9.59 Å². The highest BCUT2D eigenvalue weighted by Gasteiger charge is 2.40. The van der Waals surface area contributed by atoms with Crippen LogP contribution in [0.4, 0.5) is 0 Å². The highest BCUT2D eigenvalue weighted by molar-refractivity contribution is 6.13. The van der Waals surface area contributed by atoms with E-state index < -0.39 is 22.9 Å². The summed E-state index contributed by atoms with van der Waals surface area (Å²) in [5, 5.41) is 18.9. The second-order valence-corrected chi connectivity index (χ2v) is 7.32. The molecular formula is C19H28O4. The minimum atomic E-state index is -1.36. The fraction of sp³-hybridized carbons (Fsp3) is 0.579. The fourth-order valence-corrected chi connectivity index (χ4v) is 3.28. The van der Waals surface area contributed by atoms with Gasteiger partial charge in [0.1, 0.15) is 5.57 Å². The monoisotopic (exact) mass is 320 g/mol. The Balaban J connectivity index is 3.52. The van der Waals surface area contributed by atoms with E-state index in [-0.39, 0.29) is 11.8 Å². The molecule has 0 aromatic heterocycles. The zero-order valence-corrected chi connectivity index (χ0v) is 14.7. The average molecular weight is 320 g/mol. The Labute approximate surface area is 138 Å². The van der Waals surface area contributed by atoms with E-state index in [9.17, 15) is 19.8 Å². The van der Waals surface area contributed by atoms with Crippen LogP contribution in [0.3, 0.4) is 0 Å². The van der Waals surface area contributed by atoms with Gasteiger partial charge in [-0.05, 0) is 36.2 Å². The fourth-order valence-electron chi connectivity index (χ4n) is 3.28. The van der Waals surface area contributed by atoms with E-state index in [1.807, 2.05) is 39.0 Å². The van der Waals surface area contributed by atoms with Gasteiger partial charge in [-0.1, -0.05) is 58.9 Å². The maximum atomic E-state index is 11.6. The zero-order chi connectivity index (χ0) is 17.8. The van der Waals surface area contributed by atoms with Crippen molar-refractivity contribution >= 4 is 11.9 Å². The van der Waals surface area contributed by atoms with Crippen molar-refractivity contribution in [3.8, 4) is 0 Å². The van der Waals surface area contributed by atoms with Gasteiger partial charge in [0.2, 0.25) is 0 Å². The van der Waals surface area contributed by atoms with E-state index >= 15 is 0 Å². The van der Waals surface area contributed by atoms with Gasteiger partial charge in [-0.25, -0.2) is 9.59 Å². The molecule has 0 aromatic carbocycles. The number of hydrogen-bond acceptors (Lipinski definition) is 2. The molecule has 2 unspecified atom stereocenters. The maximum Gasteiger partial charge on any atom is 0.343 e. The molecule has 1 aliphatic carbocycles. The lowest BCUT2D eigenvalue weighted by molar-refractivity contribution is -0.140. The van der Waals surface area contributed by atoms with Gasteiger partial charge < -0.3 is 10.2 Å². The standard InChI is InChI=1S/C19H28O4/c1-12(2)10-14-8-6-7-9-19(14,5)15(11-13(3)4)16(17(20)21)18(22)23/h6-9,12-14H,10-11H2,1-5H3,(H,20,21)(H,22,23). The van der Waals surface area contributed by atoms with Crippen LogP contribution in [0, 0.1) is 23.2 Å². The number of carboxylic acids is 2. The molecule has 0 aliphatic heterocycles. The van der Waals surface area contributed by atoms with Crippen LogP contribution in [0.2, 0.25) is 0 Å². The molecule has 4 heteroatoms. The van der Waals surface area contributed by atoms with Crippen molar-refractivity contribution in [1.29, 1.82) is 0 Å². The van der Waals surface area contributed by atoms with Gasteiger partial charge in [0.25, 0.3) is 0 Å². The summed E-state index contributed by atoms with van der Waals surface area (Å²) in [6.07, 6.45) is 9.22. The average Bonchev–Trinajstić information content (AvgIpc) is 2.39. The van der Waals surface area contributed by atoms with E-state index in [1.165, 1.54) is 0 Å². The molecule has 0 spiro atoms. The quantitative estimate of drug-likeness (QED) is 0.417. The van der Waals surface area contributed by atoms with Gasteiger partial charge in [0.05, 0.1) is 0 Å². The predicted molar refractivity (Wildman–Crippen MR) is 91.1 cm³/mol. The molecule has 1 aliphatic rings. The number of rotatable bonds is 7. The molecule has 2 atom stereocenters. The molecule has 0 aromatic rings. The maximum absolute atomic E-state index is 11.6. The summed E-state index contributed by atoms with van der Waals surface area (Å²) in [6.45, 7) is 10.2. The van der Waals surface area contributed by atoms with E-state index in [0.29, 0.717) is 17.9 Å². The third-order valence-corrected chi connectivity index (χ3v) is 4.38. The first-order valence-corrected chi connectivity index (χ1v) is 8.15. The number of aliphatic carboxylic acids is 2. The first-order valence-electron chi connectivity index (χ1n) is 8.15. The molecule has 2 N–H and O–H groups in total. The number of allylic oxidation sites excluding steroid dienone is 5. The van der Waals surface area contributed by atoms with Crippen LogP contribution < -0.4 is 0 Å². The van der Waals surface area contributed by atoms with Crippen molar-refractivity contribution in [2.75, 3.05) is 0 Å². The summed E-state index contributed by atoms with van der Waals surface area (Å²) < 4.78 is 0. The van der Waals surface area contributed by atoms with E-state index in [1.54, 1.807) is 0 Å². The lowest BCUT2D eigenvalue weighted by atomic mass is 9.64. The minimum absolute atomic E-state index is 0.0925. The van der Waals surface area contributed by atoms with Crippen LogP contribution in [0.25, 0.3) is 0 Å². The summed E-state index contributed by atoms with van der Waals surface area (Å²) in [5.74, 6) is -2.01. The van der Waals surface area contributed by atoms with Gasteiger partial charge in [-0.15, -0.1) is 0 Å². The molecule has 128 valence electrons. The lowest BCUT2D eigenvalue weighted by Crippen LogP contribution is -2.33. The molecule has 0 bridgehead atoms. The van der Waals surface area contributed by atoms with Crippen LogP contribution in [0.5, 0.6) is 0 Å². The Morgan fingerprint density at radius 3 is 2.04 bits per heavy atom. The highest BCUT2D eigenvalue weighted by Crippen LogP contribution is 2.46. The van der Waals surface area contributed by atoms with Gasteiger partial charge in [0, 0.05) is 5.41 Å². The minimum Gasteiger partial charge on any atom is -0.477 e. The van der Waals surface area contributed by atoms with E-state index in [4.69, 9.17) is 0 Å². The number of hydrogen-bond donors (Lipinski definition) is 2. The molecule has 23 heavy (non-hydrogen) atoms. The van der Waals surface area contributed by atoms with Crippen LogP contribution in [0.15, 0.2) is 35.5 Å². The summed E-state index contributed by atoms with van der Waals surface area (Å²) in [6, 6.07) is 0. The Kier molecular flexibility index (Phi) is 6.37. The summed E-state index contributed by atoms with van der Waals surface area (Å²) in [5.41, 5.74) is -0.552. The molecule has 0 radical (unpaired) electrons. The summed E-state index contributed by atoms with van der Waals surface area (Å²) >= 11 is 0. The van der Waals surface area contributed by atoms with Crippen molar-refractivity contribution in [1.82, 2.24) is 0 Å². The highest BCUT2D eigenvalue weighted by atomic mass is 16.4. The van der Waals surface area contributed by atoms with Crippen LogP contribution >= 0.6 is 0 Å². The number of carbonyl (C=O) groups is 2. The second kappa shape index (κ2) is 7.62. The van der Waals surface area contributed by atoms with Gasteiger partial charge >= 0.3 is 11.9 Å². The van der Waals surface area contributed by atoms with Gasteiger partial charge in [0.15, 0.2) is 0 Å². The van der Waals surface area contributed by atoms with Crippen molar-refractivity contribution in [2.24, 2.45) is 23.2 Å². The van der Waals surface area contributed by atoms with E-state index in [0.717, 1.165) is 6.42 Å². The molecular weight excluding hydrogens is 292 g/mol. The molecule has 0 heterocycles. The van der Waals surface area contributed by atoms with Crippen LogP contribution in [0.1, 0.15) is 47.5 Å². The first-order chi connectivity index (χ1) is 10.6. The van der Waals surface area contributed by atoms with Crippen molar-refractivity contribution < 1.29 is 19.8 Å². The first kappa shape index (κ1) is 19.2. The topological polar surface area (TPSA) is 74.6 Å². The molecule has 1 rings (SSSR count). The summed E-state index contributed by atoms with van der Waals surface area (Å²) in [7, 11) is 0. The Morgan fingerprint density at radius 2 is 1.61 bits per heavy atom. The Hall–Kier alpha value is -1.84. The zero-order valence-electron chi connectivity index (χ0n) is 14.7.